The Labute approximate surface area is 157 Å². The molecule has 0 spiro atoms. The van der Waals surface area contributed by atoms with Crippen LogP contribution in [-0.4, -0.2) is 31.1 Å². The van der Waals surface area contributed by atoms with Gasteiger partial charge in [-0.05, 0) is 12.1 Å². The molecule has 0 atom stereocenters. The van der Waals surface area contributed by atoms with Crippen LogP contribution in [0.5, 0.6) is 5.75 Å². The monoisotopic (exact) mass is 404 g/mol. The predicted molar refractivity (Wildman–Crippen MR) is 91.8 cm³/mol. The highest BCUT2D eigenvalue weighted by Crippen LogP contribution is 2.40. The number of hydrogen-bond donors (Lipinski definition) is 1. The van der Waals surface area contributed by atoms with Gasteiger partial charge in [0.1, 0.15) is 5.82 Å². The summed E-state index contributed by atoms with van der Waals surface area (Å²) >= 11 is 11.7. The Kier molecular flexibility index (Phi) is 5.99. The van der Waals surface area contributed by atoms with Crippen LogP contribution in [0.2, 0.25) is 10.0 Å². The molecule has 26 heavy (non-hydrogen) atoms. The molecule has 10 heteroatoms. The number of esters is 1. The van der Waals surface area contributed by atoms with Crippen LogP contribution in [0.1, 0.15) is 17.4 Å². The highest BCUT2D eigenvalue weighted by molar-refractivity contribution is 6.36. The molecule has 1 aromatic heterocycles. The minimum Gasteiger partial charge on any atom is -0.493 e. The van der Waals surface area contributed by atoms with Crippen LogP contribution in [0.3, 0.4) is 0 Å². The average molecular weight is 405 g/mol. The maximum Gasteiger partial charge on any atom is 0.358 e. The molecule has 138 valence electrons. The summed E-state index contributed by atoms with van der Waals surface area (Å²) in [6, 6.07) is 1.91. The highest BCUT2D eigenvalue weighted by Gasteiger charge is 2.25. The third-order valence-electron chi connectivity index (χ3n) is 3.24. The summed E-state index contributed by atoms with van der Waals surface area (Å²) in [4.78, 5) is 27.2. The Balaban J connectivity index is 2.84. The fraction of sp³-hybridized carbons (Fsp3) is 0.188. The highest BCUT2D eigenvalue weighted by atomic mass is 35.5. The maximum atomic E-state index is 14.5. The molecule has 1 N–H and O–H groups in total. The number of nitrogens with one attached hydrogen (secondary N) is 1. The van der Waals surface area contributed by atoms with Gasteiger partial charge < -0.3 is 14.8 Å². The molecule has 0 aliphatic heterocycles. The Hall–Kier alpha value is -2.45. The Morgan fingerprint density at radius 3 is 2.38 bits per heavy atom. The number of pyridine rings is 1. The zero-order valence-electron chi connectivity index (χ0n) is 13.7. The summed E-state index contributed by atoms with van der Waals surface area (Å²) < 4.78 is 38.1. The standard InChI is InChI=1S/C16H12Cl2F2N2O4/c1-6(23)21-10-5-9(22-14(12(10)18)16(24)26-3)11-8(19)4-7(17)13(20)15(11)25-2/h4-5H,1-3H3,(H,21,22,23). The van der Waals surface area contributed by atoms with Crippen LogP contribution in [0.4, 0.5) is 14.5 Å². The molecular formula is C16H12Cl2F2N2O4. The maximum absolute atomic E-state index is 14.5. The SMILES string of the molecule is COC(=O)c1nc(-c2c(F)cc(Cl)c(F)c2OC)cc(NC(C)=O)c1Cl. The van der Waals surface area contributed by atoms with Gasteiger partial charge in [-0.1, -0.05) is 23.2 Å². The van der Waals surface area contributed by atoms with Crippen molar-refractivity contribution in [3.8, 4) is 17.0 Å². The van der Waals surface area contributed by atoms with Crippen molar-refractivity contribution in [1.29, 1.82) is 0 Å². The Morgan fingerprint density at radius 2 is 1.85 bits per heavy atom. The van der Waals surface area contributed by atoms with Gasteiger partial charge in [0.05, 0.1) is 41.2 Å². The van der Waals surface area contributed by atoms with Crippen LogP contribution in [0.25, 0.3) is 11.3 Å². The van der Waals surface area contributed by atoms with E-state index in [2.05, 4.69) is 15.0 Å². The summed E-state index contributed by atoms with van der Waals surface area (Å²) in [5, 5.41) is 1.67. The van der Waals surface area contributed by atoms with Gasteiger partial charge in [-0.2, -0.15) is 0 Å². The van der Waals surface area contributed by atoms with Crippen LogP contribution < -0.4 is 10.1 Å². The number of methoxy groups -OCH3 is 2. The second-order valence-corrected chi connectivity index (χ2v) is 5.74. The fourth-order valence-electron chi connectivity index (χ4n) is 2.17. The van der Waals surface area contributed by atoms with Crippen molar-refractivity contribution < 1.29 is 27.8 Å². The third-order valence-corrected chi connectivity index (χ3v) is 3.89. The zero-order valence-corrected chi connectivity index (χ0v) is 15.3. The van der Waals surface area contributed by atoms with Crippen molar-refractivity contribution in [1.82, 2.24) is 4.98 Å². The normalized spacial score (nSPS) is 10.4. The summed E-state index contributed by atoms with van der Waals surface area (Å²) in [5.41, 5.74) is -1.06. The second-order valence-electron chi connectivity index (χ2n) is 4.95. The van der Waals surface area contributed by atoms with Gasteiger partial charge in [-0.15, -0.1) is 0 Å². The van der Waals surface area contributed by atoms with E-state index in [1.54, 1.807) is 0 Å². The molecule has 1 heterocycles. The second kappa shape index (κ2) is 7.84. The van der Waals surface area contributed by atoms with E-state index >= 15 is 0 Å². The first-order valence-corrected chi connectivity index (χ1v) is 7.75. The molecule has 0 saturated carbocycles. The molecule has 0 unspecified atom stereocenters. The molecule has 0 radical (unpaired) electrons. The van der Waals surface area contributed by atoms with Crippen molar-refractivity contribution in [2.75, 3.05) is 19.5 Å². The van der Waals surface area contributed by atoms with Crippen molar-refractivity contribution >= 4 is 40.8 Å². The van der Waals surface area contributed by atoms with E-state index < -0.39 is 45.5 Å². The van der Waals surface area contributed by atoms with Gasteiger partial charge >= 0.3 is 5.97 Å². The van der Waals surface area contributed by atoms with E-state index in [-0.39, 0.29) is 16.4 Å². The largest absolute Gasteiger partial charge is 0.493 e. The molecule has 1 aromatic carbocycles. The topological polar surface area (TPSA) is 77.5 Å². The number of aromatic nitrogens is 1. The van der Waals surface area contributed by atoms with Gasteiger partial charge in [-0.25, -0.2) is 18.6 Å². The number of anilines is 1. The van der Waals surface area contributed by atoms with Gasteiger partial charge in [0.2, 0.25) is 5.91 Å². The first-order valence-electron chi connectivity index (χ1n) is 6.99. The lowest BCUT2D eigenvalue weighted by Gasteiger charge is -2.15. The number of nitrogens with zero attached hydrogens (tertiary/aromatic N) is 1. The van der Waals surface area contributed by atoms with Crippen LogP contribution in [0, 0.1) is 11.6 Å². The van der Waals surface area contributed by atoms with Crippen molar-refractivity contribution in [2.24, 2.45) is 0 Å². The lowest BCUT2D eigenvalue weighted by atomic mass is 10.1. The van der Waals surface area contributed by atoms with Crippen LogP contribution >= 0.6 is 23.2 Å². The number of hydrogen-bond acceptors (Lipinski definition) is 5. The van der Waals surface area contributed by atoms with E-state index in [1.807, 2.05) is 0 Å². The smallest absolute Gasteiger partial charge is 0.358 e. The summed E-state index contributed by atoms with van der Waals surface area (Å²) in [6.07, 6.45) is 0. The number of rotatable bonds is 4. The number of carbonyl (C=O) groups is 2. The molecule has 0 aliphatic rings. The average Bonchev–Trinajstić information content (AvgIpc) is 2.58. The summed E-state index contributed by atoms with van der Waals surface area (Å²) in [7, 11) is 2.21. The molecule has 2 aromatic rings. The molecule has 1 amide bonds. The number of halogens is 4. The van der Waals surface area contributed by atoms with Gasteiger partial charge in [0, 0.05) is 6.92 Å². The number of benzene rings is 1. The van der Waals surface area contributed by atoms with Crippen molar-refractivity contribution in [2.45, 2.75) is 6.92 Å². The lowest BCUT2D eigenvalue weighted by Crippen LogP contribution is -2.12. The van der Waals surface area contributed by atoms with Crippen molar-refractivity contribution in [3.05, 3.63) is 39.5 Å². The molecule has 0 fully saturated rings. The first-order chi connectivity index (χ1) is 12.2. The van der Waals surface area contributed by atoms with Crippen molar-refractivity contribution in [3.63, 3.8) is 0 Å². The number of ether oxygens (including phenoxy) is 2. The molecule has 2 rings (SSSR count). The van der Waals surface area contributed by atoms with Gasteiger partial charge in [0.25, 0.3) is 0 Å². The fourth-order valence-corrected chi connectivity index (χ4v) is 2.58. The quantitative estimate of drug-likeness (QED) is 0.613. The molecule has 0 saturated heterocycles. The Morgan fingerprint density at radius 1 is 1.19 bits per heavy atom. The first kappa shape index (κ1) is 19.9. The van der Waals surface area contributed by atoms with E-state index in [4.69, 9.17) is 27.9 Å². The van der Waals surface area contributed by atoms with Crippen LogP contribution in [0.15, 0.2) is 12.1 Å². The minimum absolute atomic E-state index is 0.0404. The van der Waals surface area contributed by atoms with E-state index in [1.165, 1.54) is 13.0 Å². The third kappa shape index (κ3) is 3.71. The predicted octanol–water partition coefficient (Wildman–Crippen LogP) is 4.09. The van der Waals surface area contributed by atoms with E-state index in [0.717, 1.165) is 20.3 Å². The summed E-state index contributed by atoms with van der Waals surface area (Å²) in [5.74, 6) is -3.92. The van der Waals surface area contributed by atoms with Crippen LogP contribution in [-0.2, 0) is 9.53 Å². The van der Waals surface area contributed by atoms with E-state index in [9.17, 15) is 18.4 Å². The number of carbonyl (C=O) groups excluding carboxylic acids is 2. The minimum atomic E-state index is -1.01. The van der Waals surface area contributed by atoms with Gasteiger partial charge in [0.15, 0.2) is 17.3 Å². The van der Waals surface area contributed by atoms with E-state index in [0.29, 0.717) is 0 Å². The van der Waals surface area contributed by atoms with Gasteiger partial charge in [-0.3, -0.25) is 4.79 Å². The lowest BCUT2D eigenvalue weighted by molar-refractivity contribution is -0.114. The zero-order chi connectivity index (χ0) is 19.6. The molecule has 6 nitrogen and oxygen atoms in total. The number of amides is 1. The molecular weight excluding hydrogens is 393 g/mol. The summed E-state index contributed by atoms with van der Waals surface area (Å²) in [6.45, 7) is 1.21. The Bertz CT molecular complexity index is 907. The molecule has 0 bridgehead atoms. The molecule has 0 aliphatic carbocycles.